The Kier molecular flexibility index (Phi) is 53.0. The summed E-state index contributed by atoms with van der Waals surface area (Å²) in [5.74, 6) is 0.0161. The van der Waals surface area contributed by atoms with E-state index in [1.165, 1.54) is 238 Å². The minimum absolute atomic E-state index is 0.0616. The van der Waals surface area contributed by atoms with Gasteiger partial charge in [0, 0.05) is 19.3 Å². The summed E-state index contributed by atoms with van der Waals surface area (Å²) in [6, 6.07) is 0. The van der Waals surface area contributed by atoms with Crippen LogP contribution < -0.4 is 0 Å². The minimum atomic E-state index is -0.762. The molecule has 0 aromatic rings. The van der Waals surface area contributed by atoms with E-state index in [2.05, 4.69) is 27.7 Å². The second-order valence-corrected chi connectivity index (χ2v) is 21.1. The number of ether oxygens (including phenoxy) is 3. The first-order valence-electron chi connectivity index (χ1n) is 29.9. The van der Waals surface area contributed by atoms with Gasteiger partial charge in [-0.25, -0.2) is 0 Å². The fourth-order valence-corrected chi connectivity index (χ4v) is 9.28. The van der Waals surface area contributed by atoms with Crippen molar-refractivity contribution in [2.75, 3.05) is 13.2 Å². The van der Waals surface area contributed by atoms with Crippen LogP contribution in [0.4, 0.5) is 0 Å². The summed E-state index contributed by atoms with van der Waals surface area (Å²) in [4.78, 5) is 38.2. The molecular formula is C60H116O6. The maximum Gasteiger partial charge on any atom is 0.306 e. The van der Waals surface area contributed by atoms with E-state index < -0.39 is 6.10 Å². The second kappa shape index (κ2) is 54.4. The molecule has 0 aromatic carbocycles. The summed E-state index contributed by atoms with van der Waals surface area (Å²) in [5.41, 5.74) is 0. The number of carbonyl (C=O) groups excluding carboxylic acids is 3. The summed E-state index contributed by atoms with van der Waals surface area (Å²) < 4.78 is 16.9. The van der Waals surface area contributed by atoms with Gasteiger partial charge in [0.05, 0.1) is 0 Å². The Bertz CT molecular complexity index is 996. The predicted octanol–water partition coefficient (Wildman–Crippen LogP) is 19.8. The molecule has 0 rings (SSSR count). The van der Waals surface area contributed by atoms with Gasteiger partial charge in [0.2, 0.25) is 0 Å². The maximum absolute atomic E-state index is 12.9. The highest BCUT2D eigenvalue weighted by Crippen LogP contribution is 2.18. The van der Waals surface area contributed by atoms with Crippen LogP contribution in [0.5, 0.6) is 0 Å². The molecule has 392 valence electrons. The van der Waals surface area contributed by atoms with Gasteiger partial charge in [-0.2, -0.15) is 0 Å². The minimum Gasteiger partial charge on any atom is -0.462 e. The van der Waals surface area contributed by atoms with Crippen molar-refractivity contribution in [2.45, 2.75) is 348 Å². The van der Waals surface area contributed by atoms with E-state index in [4.69, 9.17) is 14.2 Å². The number of esters is 3. The van der Waals surface area contributed by atoms with E-state index in [0.717, 1.165) is 63.7 Å². The standard InChI is InChI=1S/C60H116O6/c1-5-7-9-11-13-15-17-19-20-21-22-25-29-33-37-41-45-49-53-60(63)66-57(54-64-58(61)51-47-43-39-35-31-18-16-14-12-10-8-6-2)55-65-59(62)52-48-44-40-36-32-28-26-23-24-27-30-34-38-42-46-50-56(3)4/h56-57H,5-55H2,1-4H3/t57-/m1/s1. The molecule has 0 aliphatic heterocycles. The van der Waals surface area contributed by atoms with E-state index in [1.54, 1.807) is 0 Å². The van der Waals surface area contributed by atoms with Gasteiger partial charge in [-0.05, 0) is 25.2 Å². The third-order valence-corrected chi connectivity index (χ3v) is 13.8. The van der Waals surface area contributed by atoms with E-state index in [1.807, 2.05) is 0 Å². The van der Waals surface area contributed by atoms with Crippen LogP contribution in [-0.4, -0.2) is 37.2 Å². The predicted molar refractivity (Wildman–Crippen MR) is 284 cm³/mol. The van der Waals surface area contributed by atoms with Crippen LogP contribution >= 0.6 is 0 Å². The Hall–Kier alpha value is -1.59. The summed E-state index contributed by atoms with van der Waals surface area (Å²) in [6.45, 7) is 9.07. The Morgan fingerprint density at radius 2 is 0.500 bits per heavy atom. The van der Waals surface area contributed by atoms with Gasteiger partial charge in [0.1, 0.15) is 13.2 Å². The average Bonchev–Trinajstić information content (AvgIpc) is 3.30. The van der Waals surface area contributed by atoms with Crippen molar-refractivity contribution in [1.82, 2.24) is 0 Å². The van der Waals surface area contributed by atoms with Crippen molar-refractivity contribution >= 4 is 17.9 Å². The topological polar surface area (TPSA) is 78.9 Å². The summed E-state index contributed by atoms with van der Waals surface area (Å²) in [6.07, 6.45) is 59.5. The molecule has 0 amide bonds. The Morgan fingerprint density at radius 1 is 0.288 bits per heavy atom. The van der Waals surface area contributed by atoms with Crippen molar-refractivity contribution in [3.63, 3.8) is 0 Å². The highest BCUT2D eigenvalue weighted by molar-refractivity contribution is 5.71. The van der Waals surface area contributed by atoms with Gasteiger partial charge in [-0.3, -0.25) is 14.4 Å². The highest BCUT2D eigenvalue weighted by atomic mass is 16.6. The van der Waals surface area contributed by atoms with Gasteiger partial charge in [-0.1, -0.05) is 304 Å². The van der Waals surface area contributed by atoms with Gasteiger partial charge in [0.25, 0.3) is 0 Å². The van der Waals surface area contributed by atoms with Gasteiger partial charge in [0.15, 0.2) is 6.10 Å². The van der Waals surface area contributed by atoms with E-state index >= 15 is 0 Å². The molecule has 0 N–H and O–H groups in total. The fourth-order valence-electron chi connectivity index (χ4n) is 9.28. The molecule has 6 heteroatoms. The van der Waals surface area contributed by atoms with Crippen molar-refractivity contribution in [2.24, 2.45) is 5.92 Å². The Morgan fingerprint density at radius 3 is 0.742 bits per heavy atom. The molecule has 0 unspecified atom stereocenters. The zero-order valence-corrected chi connectivity index (χ0v) is 45.2. The molecular weight excluding hydrogens is 817 g/mol. The van der Waals surface area contributed by atoms with Crippen molar-refractivity contribution in [1.29, 1.82) is 0 Å². The van der Waals surface area contributed by atoms with Crippen molar-refractivity contribution in [3.8, 4) is 0 Å². The lowest BCUT2D eigenvalue weighted by Crippen LogP contribution is -2.30. The number of carbonyl (C=O) groups is 3. The van der Waals surface area contributed by atoms with Crippen LogP contribution in [0.25, 0.3) is 0 Å². The van der Waals surface area contributed by atoms with E-state index in [9.17, 15) is 14.4 Å². The molecule has 0 aliphatic carbocycles. The van der Waals surface area contributed by atoms with Gasteiger partial charge < -0.3 is 14.2 Å². The fraction of sp³-hybridized carbons (Fsp3) is 0.950. The molecule has 0 spiro atoms. The first-order chi connectivity index (χ1) is 32.4. The Balaban J connectivity index is 4.26. The van der Waals surface area contributed by atoms with E-state index in [0.29, 0.717) is 19.3 Å². The normalized spacial score (nSPS) is 12.0. The molecule has 0 saturated heterocycles. The molecule has 0 aromatic heterocycles. The monoisotopic (exact) mass is 933 g/mol. The van der Waals surface area contributed by atoms with Crippen molar-refractivity contribution in [3.05, 3.63) is 0 Å². The smallest absolute Gasteiger partial charge is 0.306 e. The number of rotatable bonds is 55. The highest BCUT2D eigenvalue weighted by Gasteiger charge is 2.19. The molecule has 1 atom stereocenters. The second-order valence-electron chi connectivity index (χ2n) is 21.1. The molecule has 66 heavy (non-hydrogen) atoms. The van der Waals surface area contributed by atoms with Crippen LogP contribution in [0.2, 0.25) is 0 Å². The third kappa shape index (κ3) is 53.4. The van der Waals surface area contributed by atoms with Crippen LogP contribution in [-0.2, 0) is 28.6 Å². The first-order valence-corrected chi connectivity index (χ1v) is 29.9. The van der Waals surface area contributed by atoms with Gasteiger partial charge in [-0.15, -0.1) is 0 Å². The van der Waals surface area contributed by atoms with Crippen molar-refractivity contribution < 1.29 is 28.6 Å². The van der Waals surface area contributed by atoms with Crippen LogP contribution in [0.3, 0.4) is 0 Å². The molecule has 0 radical (unpaired) electrons. The molecule has 0 aliphatic rings. The first kappa shape index (κ1) is 64.4. The largest absolute Gasteiger partial charge is 0.462 e. The Labute approximate surface area is 412 Å². The molecule has 0 fully saturated rings. The van der Waals surface area contributed by atoms with Gasteiger partial charge >= 0.3 is 17.9 Å². The lowest BCUT2D eigenvalue weighted by atomic mass is 10.0. The van der Waals surface area contributed by atoms with Crippen LogP contribution in [0.15, 0.2) is 0 Å². The zero-order valence-electron chi connectivity index (χ0n) is 45.2. The lowest BCUT2D eigenvalue weighted by Gasteiger charge is -2.18. The summed E-state index contributed by atoms with van der Waals surface area (Å²) >= 11 is 0. The maximum atomic E-state index is 12.9. The summed E-state index contributed by atoms with van der Waals surface area (Å²) in [5, 5.41) is 0. The quantitative estimate of drug-likeness (QED) is 0.0343. The molecule has 0 saturated carbocycles. The number of hydrogen-bond donors (Lipinski definition) is 0. The van der Waals surface area contributed by atoms with E-state index in [-0.39, 0.29) is 31.1 Å². The molecule has 0 bridgehead atoms. The average molecular weight is 934 g/mol. The number of hydrogen-bond acceptors (Lipinski definition) is 6. The zero-order chi connectivity index (χ0) is 48.1. The third-order valence-electron chi connectivity index (χ3n) is 13.8. The van der Waals surface area contributed by atoms with Crippen LogP contribution in [0.1, 0.15) is 342 Å². The molecule has 0 heterocycles. The lowest BCUT2D eigenvalue weighted by molar-refractivity contribution is -0.167. The molecule has 6 nitrogen and oxygen atoms in total. The summed E-state index contributed by atoms with van der Waals surface area (Å²) in [7, 11) is 0. The number of unbranched alkanes of at least 4 members (excludes halogenated alkanes) is 42. The van der Waals surface area contributed by atoms with Crippen LogP contribution in [0, 0.1) is 5.92 Å². The SMILES string of the molecule is CCCCCCCCCCCCCCCCCCCCC(=O)O[C@H](COC(=O)CCCCCCCCCCCCCC)COC(=O)CCCCCCCCCCCCCCCCCC(C)C.